The smallest absolute Gasteiger partial charge is 0.342 e. The number of hydrogen-bond acceptors (Lipinski definition) is 3. The standard InChI is InChI=1S/C21H24O3/c1-15(2)9-11-23-20-14-18-8-6-5-7-17(18)13-19(20)21(22)24-12-10-16(3)4/h5-10,13-14H,11-12H2,1-4H3. The van der Waals surface area contributed by atoms with Crippen LogP contribution in [0.5, 0.6) is 5.75 Å². The number of carbonyl (C=O) groups excluding carboxylic acids is 1. The number of esters is 1. The number of allylic oxidation sites excluding steroid dienone is 2. The summed E-state index contributed by atoms with van der Waals surface area (Å²) in [5.41, 5.74) is 2.74. The fraction of sp³-hybridized carbons (Fsp3) is 0.286. The first-order chi connectivity index (χ1) is 11.5. The maximum Gasteiger partial charge on any atom is 0.342 e. The minimum absolute atomic E-state index is 0.265. The van der Waals surface area contributed by atoms with Gasteiger partial charge in [0.15, 0.2) is 0 Å². The van der Waals surface area contributed by atoms with Crippen molar-refractivity contribution >= 4 is 16.7 Å². The van der Waals surface area contributed by atoms with Crippen LogP contribution in [0.25, 0.3) is 10.8 Å². The molecule has 2 aromatic carbocycles. The molecule has 0 spiro atoms. The molecule has 0 saturated carbocycles. The van der Waals surface area contributed by atoms with E-state index in [9.17, 15) is 4.79 Å². The van der Waals surface area contributed by atoms with E-state index in [1.807, 2.05) is 76.2 Å². The zero-order chi connectivity index (χ0) is 17.5. The van der Waals surface area contributed by atoms with Crippen LogP contribution >= 0.6 is 0 Å². The van der Waals surface area contributed by atoms with Crippen LogP contribution in [-0.4, -0.2) is 19.2 Å². The first-order valence-electron chi connectivity index (χ1n) is 8.07. The van der Waals surface area contributed by atoms with Crippen LogP contribution in [0.3, 0.4) is 0 Å². The molecule has 0 aliphatic carbocycles. The normalized spacial score (nSPS) is 10.2. The highest BCUT2D eigenvalue weighted by Crippen LogP contribution is 2.27. The summed E-state index contributed by atoms with van der Waals surface area (Å²) < 4.78 is 11.2. The van der Waals surface area contributed by atoms with Crippen molar-refractivity contribution < 1.29 is 14.3 Å². The van der Waals surface area contributed by atoms with Crippen molar-refractivity contribution in [3.8, 4) is 5.75 Å². The third kappa shape index (κ3) is 4.98. The molecule has 0 aromatic heterocycles. The maximum absolute atomic E-state index is 12.4. The van der Waals surface area contributed by atoms with Gasteiger partial charge in [-0.3, -0.25) is 0 Å². The lowest BCUT2D eigenvalue weighted by molar-refractivity contribution is 0.0545. The highest BCUT2D eigenvalue weighted by Gasteiger charge is 2.15. The SMILES string of the molecule is CC(C)=CCOC(=O)c1cc2ccccc2cc1OCC=C(C)C. The van der Waals surface area contributed by atoms with Crippen molar-refractivity contribution in [2.75, 3.05) is 13.2 Å². The van der Waals surface area contributed by atoms with Crippen LogP contribution in [0.2, 0.25) is 0 Å². The van der Waals surface area contributed by atoms with Crippen LogP contribution in [0, 0.1) is 0 Å². The van der Waals surface area contributed by atoms with Crippen LogP contribution < -0.4 is 4.74 Å². The molecule has 24 heavy (non-hydrogen) atoms. The van der Waals surface area contributed by atoms with Crippen molar-refractivity contribution in [1.29, 1.82) is 0 Å². The molecule has 0 bridgehead atoms. The third-order valence-electron chi connectivity index (χ3n) is 3.50. The van der Waals surface area contributed by atoms with E-state index in [1.165, 1.54) is 5.57 Å². The number of hydrogen-bond donors (Lipinski definition) is 0. The molecule has 0 heterocycles. The summed E-state index contributed by atoms with van der Waals surface area (Å²) in [7, 11) is 0. The predicted octanol–water partition coefficient (Wildman–Crippen LogP) is 5.31. The summed E-state index contributed by atoms with van der Waals surface area (Å²) in [6.45, 7) is 8.66. The molecule has 0 atom stereocenters. The van der Waals surface area contributed by atoms with E-state index in [4.69, 9.17) is 9.47 Å². The lowest BCUT2D eigenvalue weighted by Gasteiger charge is -2.12. The van der Waals surface area contributed by atoms with Crippen molar-refractivity contribution in [2.45, 2.75) is 27.7 Å². The molecule has 2 aromatic rings. The largest absolute Gasteiger partial charge is 0.489 e. The van der Waals surface area contributed by atoms with Gasteiger partial charge in [0.2, 0.25) is 0 Å². The molecule has 0 aliphatic heterocycles. The molecule has 0 amide bonds. The van der Waals surface area contributed by atoms with Gasteiger partial charge < -0.3 is 9.47 Å². The Labute approximate surface area is 143 Å². The van der Waals surface area contributed by atoms with Crippen LogP contribution in [0.15, 0.2) is 59.7 Å². The fourth-order valence-electron chi connectivity index (χ4n) is 2.16. The second kappa shape index (κ2) is 8.34. The van der Waals surface area contributed by atoms with E-state index in [0.717, 1.165) is 16.3 Å². The topological polar surface area (TPSA) is 35.5 Å². The number of carbonyl (C=O) groups is 1. The summed E-state index contributed by atoms with van der Waals surface area (Å²) in [6.07, 6.45) is 3.86. The lowest BCUT2D eigenvalue weighted by Crippen LogP contribution is -2.09. The van der Waals surface area contributed by atoms with Crippen LogP contribution in [-0.2, 0) is 4.74 Å². The number of benzene rings is 2. The Morgan fingerprint density at radius 2 is 1.50 bits per heavy atom. The predicted molar refractivity (Wildman–Crippen MR) is 98.6 cm³/mol. The quantitative estimate of drug-likeness (QED) is 0.534. The molecular weight excluding hydrogens is 300 g/mol. The number of fused-ring (bicyclic) bond motifs is 1. The third-order valence-corrected chi connectivity index (χ3v) is 3.50. The Balaban J connectivity index is 2.31. The van der Waals surface area contributed by atoms with Crippen LogP contribution in [0.4, 0.5) is 0 Å². The van der Waals surface area contributed by atoms with Gasteiger partial charge in [-0.25, -0.2) is 4.79 Å². The molecule has 0 saturated heterocycles. The Morgan fingerprint density at radius 3 is 2.12 bits per heavy atom. The fourth-order valence-corrected chi connectivity index (χ4v) is 2.16. The Bertz CT molecular complexity index is 777. The zero-order valence-electron chi connectivity index (χ0n) is 14.8. The first kappa shape index (κ1) is 17.8. The second-order valence-corrected chi connectivity index (χ2v) is 6.17. The minimum atomic E-state index is -0.370. The van der Waals surface area contributed by atoms with E-state index in [-0.39, 0.29) is 12.6 Å². The van der Waals surface area contributed by atoms with E-state index in [2.05, 4.69) is 0 Å². The van der Waals surface area contributed by atoms with Crippen molar-refractivity contribution in [3.05, 3.63) is 65.3 Å². The van der Waals surface area contributed by atoms with Gasteiger partial charge in [0.1, 0.15) is 24.5 Å². The Morgan fingerprint density at radius 1 is 0.917 bits per heavy atom. The molecule has 0 unspecified atom stereocenters. The van der Waals surface area contributed by atoms with E-state index >= 15 is 0 Å². The summed E-state index contributed by atoms with van der Waals surface area (Å²) >= 11 is 0. The molecule has 0 radical (unpaired) electrons. The van der Waals surface area contributed by atoms with E-state index < -0.39 is 0 Å². The lowest BCUT2D eigenvalue weighted by atomic mass is 10.1. The van der Waals surface area contributed by atoms with Gasteiger partial charge in [0.25, 0.3) is 0 Å². The molecule has 0 aliphatic rings. The molecule has 2 rings (SSSR count). The molecule has 3 nitrogen and oxygen atoms in total. The first-order valence-corrected chi connectivity index (χ1v) is 8.07. The van der Waals surface area contributed by atoms with Crippen molar-refractivity contribution in [3.63, 3.8) is 0 Å². The second-order valence-electron chi connectivity index (χ2n) is 6.17. The highest BCUT2D eigenvalue weighted by atomic mass is 16.5. The van der Waals surface area contributed by atoms with Crippen molar-refractivity contribution in [2.24, 2.45) is 0 Å². The molecular formula is C21H24O3. The van der Waals surface area contributed by atoms with E-state index in [1.54, 1.807) is 0 Å². The van der Waals surface area contributed by atoms with Gasteiger partial charge in [-0.1, -0.05) is 35.4 Å². The summed E-state index contributed by atoms with van der Waals surface area (Å²) in [4.78, 5) is 12.4. The van der Waals surface area contributed by atoms with Crippen LogP contribution in [0.1, 0.15) is 38.1 Å². The minimum Gasteiger partial charge on any atom is -0.489 e. The maximum atomic E-state index is 12.4. The molecule has 126 valence electrons. The van der Waals surface area contributed by atoms with Crippen molar-refractivity contribution in [1.82, 2.24) is 0 Å². The van der Waals surface area contributed by atoms with Gasteiger partial charge >= 0.3 is 5.97 Å². The molecule has 0 fully saturated rings. The summed E-state index contributed by atoms with van der Waals surface area (Å²) in [5, 5.41) is 2.02. The average molecular weight is 324 g/mol. The van der Waals surface area contributed by atoms with Gasteiger partial charge in [0, 0.05) is 0 Å². The number of rotatable bonds is 6. The van der Waals surface area contributed by atoms with Gasteiger partial charge in [0.05, 0.1) is 0 Å². The molecule has 3 heteroatoms. The molecule has 0 N–H and O–H groups in total. The Kier molecular flexibility index (Phi) is 6.19. The van der Waals surface area contributed by atoms with E-state index in [0.29, 0.717) is 17.9 Å². The highest BCUT2D eigenvalue weighted by molar-refractivity contribution is 5.98. The van der Waals surface area contributed by atoms with Gasteiger partial charge in [-0.2, -0.15) is 0 Å². The monoisotopic (exact) mass is 324 g/mol. The van der Waals surface area contributed by atoms with Gasteiger partial charge in [-0.05, 0) is 62.8 Å². The summed E-state index contributed by atoms with van der Waals surface area (Å²) in [6, 6.07) is 11.6. The van der Waals surface area contributed by atoms with Gasteiger partial charge in [-0.15, -0.1) is 0 Å². The number of ether oxygens (including phenoxy) is 2. The Hall–Kier alpha value is -2.55. The average Bonchev–Trinajstić information content (AvgIpc) is 2.53. The zero-order valence-corrected chi connectivity index (χ0v) is 14.8. The summed E-state index contributed by atoms with van der Waals surface area (Å²) in [5.74, 6) is 0.179.